The van der Waals surface area contributed by atoms with Crippen molar-refractivity contribution in [3.63, 3.8) is 0 Å². The Bertz CT molecular complexity index is 489. The molecule has 0 aliphatic heterocycles. The standard InChI is InChI=1S/C11H14N4OS/c1-8(2)15-4-3-12-10(15)5-13-11(16)9-6-17-7-14-9/h3-4,6-8H,5H2,1-2H3,(H,13,16). The first-order valence-corrected chi connectivity index (χ1v) is 6.31. The van der Waals surface area contributed by atoms with Gasteiger partial charge in [-0.05, 0) is 13.8 Å². The number of hydrogen-bond acceptors (Lipinski definition) is 4. The number of rotatable bonds is 4. The van der Waals surface area contributed by atoms with Crippen LogP contribution in [0.15, 0.2) is 23.3 Å². The van der Waals surface area contributed by atoms with E-state index in [0.717, 1.165) is 5.82 Å². The van der Waals surface area contributed by atoms with Gasteiger partial charge in [-0.25, -0.2) is 9.97 Å². The summed E-state index contributed by atoms with van der Waals surface area (Å²) in [4.78, 5) is 19.9. The van der Waals surface area contributed by atoms with Crippen molar-refractivity contribution in [2.24, 2.45) is 0 Å². The second-order valence-electron chi connectivity index (χ2n) is 3.90. The highest BCUT2D eigenvalue weighted by atomic mass is 32.1. The molecule has 0 aliphatic rings. The molecular formula is C11H14N4OS. The second kappa shape index (κ2) is 5.09. The number of amides is 1. The number of hydrogen-bond donors (Lipinski definition) is 1. The number of nitrogens with zero attached hydrogens (tertiary/aromatic N) is 3. The van der Waals surface area contributed by atoms with Crippen LogP contribution in [-0.2, 0) is 6.54 Å². The molecule has 2 rings (SSSR count). The summed E-state index contributed by atoms with van der Waals surface area (Å²) < 4.78 is 2.03. The van der Waals surface area contributed by atoms with Crippen molar-refractivity contribution >= 4 is 17.2 Å². The lowest BCUT2D eigenvalue weighted by atomic mass is 10.3. The van der Waals surface area contributed by atoms with Crippen LogP contribution in [-0.4, -0.2) is 20.4 Å². The van der Waals surface area contributed by atoms with Gasteiger partial charge in [0, 0.05) is 23.8 Å². The Hall–Kier alpha value is -1.69. The Morgan fingerprint density at radius 3 is 3.00 bits per heavy atom. The van der Waals surface area contributed by atoms with Crippen molar-refractivity contribution in [3.05, 3.63) is 34.8 Å². The number of imidazole rings is 1. The van der Waals surface area contributed by atoms with Gasteiger partial charge in [0.2, 0.25) is 0 Å². The molecule has 1 amide bonds. The largest absolute Gasteiger partial charge is 0.343 e. The smallest absolute Gasteiger partial charge is 0.271 e. The lowest BCUT2D eigenvalue weighted by Gasteiger charge is -2.11. The molecule has 0 saturated carbocycles. The number of nitrogens with one attached hydrogen (secondary N) is 1. The van der Waals surface area contributed by atoms with Crippen LogP contribution in [0.25, 0.3) is 0 Å². The molecule has 0 aromatic carbocycles. The third-order valence-corrected chi connectivity index (χ3v) is 2.96. The highest BCUT2D eigenvalue weighted by molar-refractivity contribution is 7.07. The molecule has 0 fully saturated rings. The molecule has 90 valence electrons. The average molecular weight is 250 g/mol. The van der Waals surface area contributed by atoms with E-state index in [2.05, 4.69) is 29.1 Å². The minimum atomic E-state index is -0.162. The monoisotopic (exact) mass is 250 g/mol. The quantitative estimate of drug-likeness (QED) is 0.901. The summed E-state index contributed by atoms with van der Waals surface area (Å²) in [5.74, 6) is 0.688. The molecule has 0 aliphatic carbocycles. The topological polar surface area (TPSA) is 59.8 Å². The van der Waals surface area contributed by atoms with Crippen LogP contribution in [0.1, 0.15) is 36.2 Å². The van der Waals surface area contributed by atoms with E-state index >= 15 is 0 Å². The Balaban J connectivity index is 1.98. The number of carbonyl (C=O) groups is 1. The molecule has 0 unspecified atom stereocenters. The predicted octanol–water partition coefficient (Wildman–Crippen LogP) is 1.85. The van der Waals surface area contributed by atoms with E-state index in [1.807, 2.05) is 10.8 Å². The van der Waals surface area contributed by atoms with Crippen molar-refractivity contribution in [3.8, 4) is 0 Å². The maximum absolute atomic E-state index is 11.7. The number of aromatic nitrogens is 3. The van der Waals surface area contributed by atoms with Gasteiger partial charge in [-0.2, -0.15) is 0 Å². The summed E-state index contributed by atoms with van der Waals surface area (Å²) in [6.07, 6.45) is 3.65. The minimum Gasteiger partial charge on any atom is -0.343 e. The molecular weight excluding hydrogens is 236 g/mol. The second-order valence-corrected chi connectivity index (χ2v) is 4.62. The molecule has 0 saturated heterocycles. The molecule has 0 atom stereocenters. The fourth-order valence-corrected chi connectivity index (χ4v) is 2.06. The number of carbonyl (C=O) groups excluding carboxylic acids is 1. The van der Waals surface area contributed by atoms with E-state index in [0.29, 0.717) is 18.3 Å². The zero-order valence-corrected chi connectivity index (χ0v) is 10.6. The summed E-state index contributed by atoms with van der Waals surface area (Å²) in [5, 5.41) is 4.53. The lowest BCUT2D eigenvalue weighted by molar-refractivity contribution is 0.0945. The van der Waals surface area contributed by atoms with Crippen molar-refractivity contribution in [2.45, 2.75) is 26.4 Å². The van der Waals surface area contributed by atoms with Gasteiger partial charge in [0.15, 0.2) is 0 Å². The minimum absolute atomic E-state index is 0.162. The van der Waals surface area contributed by atoms with E-state index in [1.54, 1.807) is 17.1 Å². The fourth-order valence-electron chi connectivity index (χ4n) is 1.53. The van der Waals surface area contributed by atoms with Gasteiger partial charge in [0.25, 0.3) is 5.91 Å². The maximum Gasteiger partial charge on any atom is 0.271 e. The van der Waals surface area contributed by atoms with Crippen molar-refractivity contribution in [2.75, 3.05) is 0 Å². The average Bonchev–Trinajstić information content (AvgIpc) is 2.96. The van der Waals surface area contributed by atoms with Crippen LogP contribution in [0.2, 0.25) is 0 Å². The zero-order valence-electron chi connectivity index (χ0n) is 9.75. The van der Waals surface area contributed by atoms with Gasteiger partial charge in [-0.1, -0.05) is 0 Å². The van der Waals surface area contributed by atoms with Crippen LogP contribution in [0.5, 0.6) is 0 Å². The van der Waals surface area contributed by atoms with E-state index in [4.69, 9.17) is 0 Å². The van der Waals surface area contributed by atoms with Crippen LogP contribution >= 0.6 is 11.3 Å². The molecule has 5 nitrogen and oxygen atoms in total. The highest BCUT2D eigenvalue weighted by Crippen LogP contribution is 2.08. The Labute approximate surface area is 104 Å². The summed E-state index contributed by atoms with van der Waals surface area (Å²) in [7, 11) is 0. The van der Waals surface area contributed by atoms with Gasteiger partial charge in [0.05, 0.1) is 12.1 Å². The highest BCUT2D eigenvalue weighted by Gasteiger charge is 2.10. The summed E-state index contributed by atoms with van der Waals surface area (Å²) >= 11 is 1.41. The Morgan fingerprint density at radius 1 is 1.53 bits per heavy atom. The molecule has 2 heterocycles. The third kappa shape index (κ3) is 2.71. The van der Waals surface area contributed by atoms with Crippen molar-refractivity contribution in [1.29, 1.82) is 0 Å². The Kier molecular flexibility index (Phi) is 3.53. The first-order chi connectivity index (χ1) is 8.18. The summed E-state index contributed by atoms with van der Waals surface area (Å²) in [5.41, 5.74) is 2.10. The molecule has 0 bridgehead atoms. The van der Waals surface area contributed by atoms with Gasteiger partial charge in [0.1, 0.15) is 11.5 Å². The molecule has 6 heteroatoms. The normalized spacial score (nSPS) is 10.8. The summed E-state index contributed by atoms with van der Waals surface area (Å²) in [6.45, 7) is 4.57. The Morgan fingerprint density at radius 2 is 2.35 bits per heavy atom. The lowest BCUT2D eigenvalue weighted by Crippen LogP contribution is -2.25. The first-order valence-electron chi connectivity index (χ1n) is 5.36. The predicted molar refractivity (Wildman–Crippen MR) is 65.9 cm³/mol. The van der Waals surface area contributed by atoms with Gasteiger partial charge in [-0.15, -0.1) is 11.3 Å². The maximum atomic E-state index is 11.7. The number of thiazole rings is 1. The van der Waals surface area contributed by atoms with E-state index in [1.165, 1.54) is 11.3 Å². The first kappa shape index (κ1) is 11.8. The zero-order chi connectivity index (χ0) is 12.3. The molecule has 2 aromatic rings. The van der Waals surface area contributed by atoms with Crippen LogP contribution in [0.3, 0.4) is 0 Å². The van der Waals surface area contributed by atoms with Crippen LogP contribution in [0.4, 0.5) is 0 Å². The van der Waals surface area contributed by atoms with Gasteiger partial charge in [-0.3, -0.25) is 4.79 Å². The SMILES string of the molecule is CC(C)n1ccnc1CNC(=O)c1cscn1. The van der Waals surface area contributed by atoms with Crippen LogP contribution < -0.4 is 5.32 Å². The third-order valence-electron chi connectivity index (χ3n) is 2.38. The molecule has 17 heavy (non-hydrogen) atoms. The fraction of sp³-hybridized carbons (Fsp3) is 0.364. The van der Waals surface area contributed by atoms with Gasteiger partial charge >= 0.3 is 0 Å². The molecule has 2 aromatic heterocycles. The molecule has 0 radical (unpaired) electrons. The molecule has 1 N–H and O–H groups in total. The van der Waals surface area contributed by atoms with E-state index in [-0.39, 0.29) is 5.91 Å². The van der Waals surface area contributed by atoms with Crippen molar-refractivity contribution in [1.82, 2.24) is 19.9 Å². The van der Waals surface area contributed by atoms with E-state index < -0.39 is 0 Å². The van der Waals surface area contributed by atoms with Crippen LogP contribution in [0, 0.1) is 0 Å². The van der Waals surface area contributed by atoms with Crippen molar-refractivity contribution < 1.29 is 4.79 Å². The van der Waals surface area contributed by atoms with Gasteiger partial charge < -0.3 is 9.88 Å². The molecule has 0 spiro atoms. The summed E-state index contributed by atoms with van der Waals surface area (Å²) in [6, 6.07) is 0.337. The van der Waals surface area contributed by atoms with E-state index in [9.17, 15) is 4.79 Å².